The van der Waals surface area contributed by atoms with Crippen LogP contribution in [0.1, 0.15) is 52.9 Å². The predicted octanol–water partition coefficient (Wildman–Crippen LogP) is 2.25. The van der Waals surface area contributed by atoms with Crippen molar-refractivity contribution in [1.82, 2.24) is 15.5 Å². The Morgan fingerprint density at radius 2 is 1.85 bits per heavy atom. The molecule has 2 rings (SSSR count). The number of rotatable bonds is 6. The fourth-order valence-corrected chi connectivity index (χ4v) is 5.46. The van der Waals surface area contributed by atoms with Crippen LogP contribution >= 0.6 is 24.0 Å². The molecule has 0 amide bonds. The van der Waals surface area contributed by atoms with Crippen molar-refractivity contribution in [3.8, 4) is 0 Å². The fraction of sp³-hybridized carbons (Fsp3) is 0.944. The summed E-state index contributed by atoms with van der Waals surface area (Å²) in [6.07, 6.45) is 5.92. The number of sulfone groups is 1. The molecule has 0 bridgehead atoms. The van der Waals surface area contributed by atoms with Gasteiger partial charge in [0, 0.05) is 18.6 Å². The Hall–Kier alpha value is -0.0900. The van der Waals surface area contributed by atoms with E-state index in [0.717, 1.165) is 19.0 Å². The highest BCUT2D eigenvalue weighted by atomic mass is 127. The van der Waals surface area contributed by atoms with E-state index in [-0.39, 0.29) is 41.5 Å². The topological polar surface area (TPSA) is 73.8 Å². The van der Waals surface area contributed by atoms with Crippen molar-refractivity contribution < 1.29 is 8.42 Å². The molecule has 2 N–H and O–H groups in total. The third-order valence-corrected chi connectivity index (χ3v) is 7.00. The number of hydrogen-bond acceptors (Lipinski definition) is 4. The summed E-state index contributed by atoms with van der Waals surface area (Å²) in [6.45, 7) is 10.5. The van der Waals surface area contributed by atoms with E-state index >= 15 is 0 Å². The van der Waals surface area contributed by atoms with E-state index in [1.165, 1.54) is 38.8 Å². The second-order valence-corrected chi connectivity index (χ2v) is 9.95. The first-order valence-corrected chi connectivity index (χ1v) is 11.7. The number of halogens is 1. The van der Waals surface area contributed by atoms with E-state index in [9.17, 15) is 8.42 Å². The molecule has 26 heavy (non-hydrogen) atoms. The van der Waals surface area contributed by atoms with Gasteiger partial charge in [-0.25, -0.2) is 8.42 Å². The third-order valence-electron chi connectivity index (χ3n) is 5.23. The maximum Gasteiger partial charge on any atom is 0.191 e. The van der Waals surface area contributed by atoms with Crippen molar-refractivity contribution in [3.05, 3.63) is 0 Å². The molecule has 2 aliphatic rings. The van der Waals surface area contributed by atoms with Gasteiger partial charge in [-0.05, 0) is 45.2 Å². The smallest absolute Gasteiger partial charge is 0.191 e. The second kappa shape index (κ2) is 11.7. The molecular formula is C18H37IN4O2S. The van der Waals surface area contributed by atoms with Crippen LogP contribution in [-0.2, 0) is 9.84 Å². The summed E-state index contributed by atoms with van der Waals surface area (Å²) < 4.78 is 23.3. The normalized spacial score (nSPS) is 25.4. The van der Waals surface area contributed by atoms with Crippen molar-refractivity contribution in [3.63, 3.8) is 0 Å². The Bertz CT molecular complexity index is 531. The average Bonchev–Trinajstić information content (AvgIpc) is 2.75. The van der Waals surface area contributed by atoms with Gasteiger partial charge in [0.2, 0.25) is 0 Å². The van der Waals surface area contributed by atoms with Crippen LogP contribution in [-0.4, -0.2) is 69.0 Å². The van der Waals surface area contributed by atoms with Crippen molar-refractivity contribution in [2.24, 2.45) is 10.9 Å². The Balaban J connectivity index is 0.00000338. The van der Waals surface area contributed by atoms with E-state index in [0.29, 0.717) is 18.4 Å². The van der Waals surface area contributed by atoms with Crippen LogP contribution in [0.25, 0.3) is 0 Å². The standard InChI is InChI=1S/C18H36N4O2S.HI/c1-4-19-18(21-16-9-12-25(23,24)14-16)20-13-17(15(2)3)22-10-7-5-6-8-11-22;/h15-17H,4-14H2,1-3H3,(H2,19,20,21);1H. The molecule has 2 saturated heterocycles. The van der Waals surface area contributed by atoms with Gasteiger partial charge in [0.15, 0.2) is 15.8 Å². The van der Waals surface area contributed by atoms with Gasteiger partial charge < -0.3 is 10.6 Å². The number of guanidine groups is 1. The molecule has 2 atom stereocenters. The van der Waals surface area contributed by atoms with Gasteiger partial charge in [0.1, 0.15) is 0 Å². The summed E-state index contributed by atoms with van der Waals surface area (Å²) in [5.74, 6) is 1.81. The van der Waals surface area contributed by atoms with Crippen LogP contribution in [0.3, 0.4) is 0 Å². The first kappa shape index (κ1) is 23.9. The number of nitrogens with zero attached hydrogens (tertiary/aromatic N) is 2. The van der Waals surface area contributed by atoms with E-state index in [2.05, 4.69) is 29.4 Å². The third kappa shape index (κ3) is 7.88. The van der Waals surface area contributed by atoms with Gasteiger partial charge in [-0.15, -0.1) is 24.0 Å². The fourth-order valence-electron chi connectivity index (χ4n) is 3.78. The van der Waals surface area contributed by atoms with E-state index in [1.54, 1.807) is 0 Å². The Morgan fingerprint density at radius 3 is 2.35 bits per heavy atom. The summed E-state index contributed by atoms with van der Waals surface area (Å²) in [6, 6.07) is 0.430. The lowest BCUT2D eigenvalue weighted by molar-refractivity contribution is 0.166. The van der Waals surface area contributed by atoms with Gasteiger partial charge in [0.25, 0.3) is 0 Å². The van der Waals surface area contributed by atoms with Gasteiger partial charge >= 0.3 is 0 Å². The molecule has 0 aromatic heterocycles. The number of likely N-dealkylation sites (tertiary alicyclic amines) is 1. The maximum atomic E-state index is 11.7. The molecule has 0 radical (unpaired) electrons. The minimum absolute atomic E-state index is 0. The van der Waals surface area contributed by atoms with E-state index < -0.39 is 9.84 Å². The highest BCUT2D eigenvalue weighted by Gasteiger charge is 2.28. The van der Waals surface area contributed by atoms with Crippen LogP contribution in [0.5, 0.6) is 0 Å². The molecule has 8 heteroatoms. The monoisotopic (exact) mass is 500 g/mol. The lowest BCUT2D eigenvalue weighted by atomic mass is 10.0. The summed E-state index contributed by atoms with van der Waals surface area (Å²) in [4.78, 5) is 7.41. The lowest BCUT2D eigenvalue weighted by Gasteiger charge is -2.32. The molecule has 2 aliphatic heterocycles. The molecule has 0 aliphatic carbocycles. The molecule has 0 spiro atoms. The zero-order chi connectivity index (χ0) is 18.3. The molecule has 0 aromatic carbocycles. The van der Waals surface area contributed by atoms with Gasteiger partial charge in [-0.2, -0.15) is 0 Å². The number of nitrogens with one attached hydrogen (secondary N) is 2. The molecule has 2 heterocycles. The predicted molar refractivity (Wildman–Crippen MR) is 120 cm³/mol. The van der Waals surface area contributed by atoms with Crippen LogP contribution in [0.4, 0.5) is 0 Å². The quantitative estimate of drug-likeness (QED) is 0.333. The largest absolute Gasteiger partial charge is 0.357 e. The van der Waals surface area contributed by atoms with Gasteiger partial charge in [-0.3, -0.25) is 9.89 Å². The van der Waals surface area contributed by atoms with Crippen molar-refractivity contribution in [2.45, 2.75) is 65.0 Å². The first-order chi connectivity index (χ1) is 11.9. The van der Waals surface area contributed by atoms with Crippen LogP contribution in [0, 0.1) is 5.92 Å². The maximum absolute atomic E-state index is 11.7. The number of hydrogen-bond donors (Lipinski definition) is 2. The van der Waals surface area contributed by atoms with Gasteiger partial charge in [0.05, 0.1) is 18.1 Å². The minimum Gasteiger partial charge on any atom is -0.357 e. The van der Waals surface area contributed by atoms with Gasteiger partial charge in [-0.1, -0.05) is 26.7 Å². The Morgan fingerprint density at radius 1 is 1.19 bits per heavy atom. The Labute approximate surface area is 176 Å². The first-order valence-electron chi connectivity index (χ1n) is 9.90. The summed E-state index contributed by atoms with van der Waals surface area (Å²) in [5.41, 5.74) is 0. The highest BCUT2D eigenvalue weighted by Crippen LogP contribution is 2.18. The van der Waals surface area contributed by atoms with Crippen molar-refractivity contribution in [1.29, 1.82) is 0 Å². The molecule has 2 fully saturated rings. The zero-order valence-corrected chi connectivity index (χ0v) is 19.7. The van der Waals surface area contributed by atoms with E-state index in [4.69, 9.17) is 4.99 Å². The highest BCUT2D eigenvalue weighted by molar-refractivity contribution is 14.0. The second-order valence-electron chi connectivity index (χ2n) is 7.73. The van der Waals surface area contributed by atoms with Crippen LogP contribution in [0.15, 0.2) is 4.99 Å². The SMILES string of the molecule is CCNC(=NCC(C(C)C)N1CCCCCC1)NC1CCS(=O)(=O)C1.I. The van der Waals surface area contributed by atoms with Crippen LogP contribution in [0.2, 0.25) is 0 Å². The molecule has 154 valence electrons. The summed E-state index contributed by atoms with van der Waals surface area (Å²) in [7, 11) is -2.88. The Kier molecular flexibility index (Phi) is 10.8. The molecule has 6 nitrogen and oxygen atoms in total. The molecule has 0 aromatic rings. The number of aliphatic imine (C=N–C) groups is 1. The lowest BCUT2D eigenvalue weighted by Crippen LogP contribution is -2.46. The average molecular weight is 500 g/mol. The zero-order valence-electron chi connectivity index (χ0n) is 16.5. The summed E-state index contributed by atoms with van der Waals surface area (Å²) >= 11 is 0. The molecular weight excluding hydrogens is 463 g/mol. The van der Waals surface area contributed by atoms with Crippen LogP contribution < -0.4 is 10.6 Å². The van der Waals surface area contributed by atoms with Crippen molar-refractivity contribution in [2.75, 3.05) is 37.7 Å². The summed E-state index contributed by atoms with van der Waals surface area (Å²) in [5, 5.41) is 6.60. The minimum atomic E-state index is -2.88. The molecule has 2 unspecified atom stereocenters. The van der Waals surface area contributed by atoms with E-state index in [1.807, 2.05) is 6.92 Å². The van der Waals surface area contributed by atoms with Crippen molar-refractivity contribution >= 4 is 39.8 Å². The molecule has 0 saturated carbocycles.